The Bertz CT molecular complexity index is 497. The minimum absolute atomic E-state index is 0. The van der Waals surface area contributed by atoms with Gasteiger partial charge < -0.3 is 0 Å². The van der Waals surface area contributed by atoms with Crippen LogP contribution in [0.5, 0.6) is 0 Å². The number of amides is 1. The first kappa shape index (κ1) is 16.2. The number of nitrogens with two attached hydrogens (primary N) is 1. The second-order valence-corrected chi connectivity index (χ2v) is 4.45. The zero-order chi connectivity index (χ0) is 13.8. The highest BCUT2D eigenvalue weighted by Gasteiger charge is 2.22. The molecule has 7 nitrogen and oxygen atoms in total. The molecule has 0 bridgehead atoms. The van der Waals surface area contributed by atoms with Gasteiger partial charge in [-0.2, -0.15) is 0 Å². The zero-order valence-electron chi connectivity index (χ0n) is 10.9. The summed E-state index contributed by atoms with van der Waals surface area (Å²) in [5.41, 5.74) is 0.389. The van der Waals surface area contributed by atoms with Crippen molar-refractivity contribution < 1.29 is 9.72 Å². The molecule has 1 heterocycles. The molecule has 0 unspecified atom stereocenters. The molecule has 1 fully saturated rings. The summed E-state index contributed by atoms with van der Waals surface area (Å²) in [5.74, 6) is 5.86. The molecule has 1 aromatic carbocycles. The molecule has 1 aliphatic heterocycles. The fourth-order valence-corrected chi connectivity index (χ4v) is 2.08. The lowest BCUT2D eigenvalue weighted by Crippen LogP contribution is -2.51. The third-order valence-corrected chi connectivity index (χ3v) is 3.11. The van der Waals surface area contributed by atoms with Gasteiger partial charge in [0.05, 0.1) is 10.6 Å². The Hall–Kier alpha value is -1.86. The molecule has 0 aromatic heterocycles. The predicted octanol–water partition coefficient (Wildman–Crippen LogP) is 2.01. The average Bonchev–Trinajstić information content (AvgIpc) is 2.63. The molecule has 0 spiro atoms. The predicted molar refractivity (Wildman–Crippen MR) is 77.2 cm³/mol. The molecular formula is C12H17ClN4O3. The van der Waals surface area contributed by atoms with E-state index in [2.05, 4.69) is 0 Å². The highest BCUT2D eigenvalue weighted by Crippen LogP contribution is 2.22. The van der Waals surface area contributed by atoms with E-state index in [9.17, 15) is 14.9 Å². The fraction of sp³-hybridized carbons (Fsp3) is 0.417. The Labute approximate surface area is 122 Å². The van der Waals surface area contributed by atoms with Gasteiger partial charge in [0.25, 0.3) is 5.69 Å². The molecule has 0 saturated carbocycles. The molecule has 1 saturated heterocycles. The minimum atomic E-state index is -0.485. The number of halogens is 1. The highest BCUT2D eigenvalue weighted by atomic mass is 35.5. The molecule has 0 aliphatic carbocycles. The number of benzene rings is 1. The van der Waals surface area contributed by atoms with Crippen molar-refractivity contribution in [2.75, 3.05) is 11.7 Å². The van der Waals surface area contributed by atoms with Crippen LogP contribution in [-0.4, -0.2) is 22.4 Å². The number of hydrogen-bond acceptors (Lipinski definition) is 5. The molecule has 8 heteroatoms. The van der Waals surface area contributed by atoms with Crippen LogP contribution in [0.15, 0.2) is 24.3 Å². The van der Waals surface area contributed by atoms with E-state index in [1.165, 1.54) is 22.3 Å². The van der Waals surface area contributed by atoms with Gasteiger partial charge in [-0.05, 0) is 18.9 Å². The number of hydrazine groups is 2. The Balaban J connectivity index is 0.00000200. The molecule has 1 aliphatic rings. The van der Waals surface area contributed by atoms with Crippen LogP contribution in [-0.2, 0) is 4.79 Å². The second-order valence-electron chi connectivity index (χ2n) is 4.45. The second kappa shape index (κ2) is 7.06. The third-order valence-electron chi connectivity index (χ3n) is 3.11. The summed E-state index contributed by atoms with van der Waals surface area (Å²) < 4.78 is 0. The lowest BCUT2D eigenvalue weighted by Gasteiger charge is -2.31. The van der Waals surface area contributed by atoms with Crippen molar-refractivity contribution in [3.8, 4) is 0 Å². The van der Waals surface area contributed by atoms with E-state index in [0.29, 0.717) is 18.7 Å². The van der Waals surface area contributed by atoms with E-state index in [0.717, 1.165) is 19.3 Å². The standard InChI is InChI=1S/C12H16N4O3.ClH/c13-15(14-8-3-1-2-7-12(14)17)10-5-4-6-11(9-10)16(18)19;/h4-6,9H,1-3,7-8,13H2;1H. The van der Waals surface area contributed by atoms with Crippen LogP contribution >= 0.6 is 12.4 Å². The van der Waals surface area contributed by atoms with Crippen LogP contribution in [0.2, 0.25) is 0 Å². The van der Waals surface area contributed by atoms with Crippen molar-refractivity contribution in [2.24, 2.45) is 5.84 Å². The molecule has 2 N–H and O–H groups in total. The van der Waals surface area contributed by atoms with Gasteiger partial charge in [0, 0.05) is 25.1 Å². The summed E-state index contributed by atoms with van der Waals surface area (Å²) >= 11 is 0. The highest BCUT2D eigenvalue weighted by molar-refractivity contribution is 5.85. The first-order valence-corrected chi connectivity index (χ1v) is 6.19. The van der Waals surface area contributed by atoms with Gasteiger partial charge in [0.1, 0.15) is 0 Å². The molecule has 0 atom stereocenters. The van der Waals surface area contributed by atoms with Gasteiger partial charge in [-0.25, -0.2) is 16.0 Å². The first-order valence-electron chi connectivity index (χ1n) is 6.19. The van der Waals surface area contributed by atoms with Crippen molar-refractivity contribution in [3.63, 3.8) is 0 Å². The summed E-state index contributed by atoms with van der Waals surface area (Å²) in [6, 6.07) is 5.94. The Kier molecular flexibility index (Phi) is 5.72. The maximum Gasteiger partial charge on any atom is 0.271 e. The molecule has 2 rings (SSSR count). The quantitative estimate of drug-likeness (QED) is 0.523. The summed E-state index contributed by atoms with van der Waals surface area (Å²) in [6.07, 6.45) is 3.19. The average molecular weight is 301 g/mol. The lowest BCUT2D eigenvalue weighted by molar-refractivity contribution is -0.384. The van der Waals surface area contributed by atoms with Crippen molar-refractivity contribution in [1.82, 2.24) is 5.01 Å². The molecule has 1 aromatic rings. The number of hydrogen-bond donors (Lipinski definition) is 1. The van der Waals surface area contributed by atoms with E-state index in [1.807, 2.05) is 0 Å². The lowest BCUT2D eigenvalue weighted by atomic mass is 10.2. The Morgan fingerprint density at radius 2 is 2.05 bits per heavy atom. The number of rotatable bonds is 3. The number of anilines is 1. The zero-order valence-corrected chi connectivity index (χ0v) is 11.7. The Morgan fingerprint density at radius 1 is 1.30 bits per heavy atom. The topological polar surface area (TPSA) is 92.7 Å². The number of carbonyl (C=O) groups excluding carboxylic acids is 1. The van der Waals surface area contributed by atoms with Gasteiger partial charge in [-0.15, -0.1) is 12.4 Å². The molecule has 1 amide bonds. The van der Waals surface area contributed by atoms with Crippen LogP contribution in [0.3, 0.4) is 0 Å². The summed E-state index contributed by atoms with van der Waals surface area (Å²) in [4.78, 5) is 22.2. The van der Waals surface area contributed by atoms with Gasteiger partial charge in [0.15, 0.2) is 0 Å². The summed E-state index contributed by atoms with van der Waals surface area (Å²) in [7, 11) is 0. The number of carbonyl (C=O) groups is 1. The van der Waals surface area contributed by atoms with Gasteiger partial charge in [-0.3, -0.25) is 14.9 Å². The van der Waals surface area contributed by atoms with Crippen LogP contribution < -0.4 is 11.0 Å². The maximum absolute atomic E-state index is 11.9. The van der Waals surface area contributed by atoms with E-state index in [1.54, 1.807) is 12.1 Å². The first-order chi connectivity index (χ1) is 9.09. The molecule has 110 valence electrons. The van der Waals surface area contributed by atoms with E-state index >= 15 is 0 Å². The van der Waals surface area contributed by atoms with Gasteiger partial charge >= 0.3 is 0 Å². The van der Waals surface area contributed by atoms with Crippen molar-refractivity contribution in [2.45, 2.75) is 25.7 Å². The largest absolute Gasteiger partial charge is 0.273 e. The summed E-state index contributed by atoms with van der Waals surface area (Å²) in [5, 5.41) is 13.4. The number of nitro groups is 1. The number of nitro benzene ring substituents is 1. The minimum Gasteiger partial charge on any atom is -0.273 e. The maximum atomic E-state index is 11.9. The van der Waals surface area contributed by atoms with E-state index in [-0.39, 0.29) is 24.0 Å². The van der Waals surface area contributed by atoms with Crippen LogP contribution in [0.25, 0.3) is 0 Å². The third kappa shape index (κ3) is 3.58. The van der Waals surface area contributed by atoms with E-state index in [4.69, 9.17) is 5.84 Å². The van der Waals surface area contributed by atoms with Crippen molar-refractivity contribution >= 4 is 29.7 Å². The molecular weight excluding hydrogens is 284 g/mol. The van der Waals surface area contributed by atoms with Gasteiger partial charge in [-0.1, -0.05) is 12.5 Å². The number of nitrogens with zero attached hydrogens (tertiary/aromatic N) is 3. The van der Waals surface area contributed by atoms with Crippen LogP contribution in [0.4, 0.5) is 11.4 Å². The van der Waals surface area contributed by atoms with Crippen LogP contribution in [0.1, 0.15) is 25.7 Å². The van der Waals surface area contributed by atoms with Crippen LogP contribution in [0, 0.1) is 10.1 Å². The SMILES string of the molecule is Cl.NN(c1cccc([N+](=O)[O-])c1)N1CCCCCC1=O. The van der Waals surface area contributed by atoms with E-state index < -0.39 is 4.92 Å². The normalized spacial score (nSPS) is 15.2. The smallest absolute Gasteiger partial charge is 0.271 e. The van der Waals surface area contributed by atoms with Crippen molar-refractivity contribution in [3.05, 3.63) is 34.4 Å². The number of non-ortho nitro benzene ring substituents is 1. The monoisotopic (exact) mass is 300 g/mol. The van der Waals surface area contributed by atoms with Gasteiger partial charge in [0.2, 0.25) is 5.91 Å². The summed E-state index contributed by atoms with van der Waals surface area (Å²) in [6.45, 7) is 0.540. The Morgan fingerprint density at radius 3 is 2.75 bits per heavy atom. The molecule has 20 heavy (non-hydrogen) atoms. The molecule has 0 radical (unpaired) electrons. The fourth-order valence-electron chi connectivity index (χ4n) is 2.08. The van der Waals surface area contributed by atoms with Crippen molar-refractivity contribution in [1.29, 1.82) is 0 Å².